The van der Waals surface area contributed by atoms with Crippen molar-refractivity contribution in [3.63, 3.8) is 0 Å². The lowest BCUT2D eigenvalue weighted by atomic mass is 10.2. The molecule has 1 unspecified atom stereocenters. The van der Waals surface area contributed by atoms with Crippen LogP contribution in [0.4, 0.5) is 31.1 Å². The molecule has 4 nitrogen and oxygen atoms in total. The summed E-state index contributed by atoms with van der Waals surface area (Å²) in [6.07, 6.45) is -6.01. The number of amides is 1. The average Bonchev–Trinajstić information content (AvgIpc) is 2.32. The predicted molar refractivity (Wildman–Crippen MR) is 60.1 cm³/mol. The molecule has 0 heterocycles. The molecule has 0 aromatic heterocycles. The van der Waals surface area contributed by atoms with Crippen molar-refractivity contribution < 1.29 is 40.6 Å². The SMILES string of the molecule is COC(NC(=O)OCC(F)(F)C(F)(F)C(F)F)[SiH](C)C. The first kappa shape index (κ1) is 19.0. The van der Waals surface area contributed by atoms with Gasteiger partial charge in [-0.15, -0.1) is 0 Å². The first-order valence-electron chi connectivity index (χ1n) is 5.45. The average molecular weight is 327 g/mol. The van der Waals surface area contributed by atoms with Crippen molar-refractivity contribution in [2.45, 2.75) is 37.2 Å². The Kier molecular flexibility index (Phi) is 6.81. The van der Waals surface area contributed by atoms with Crippen molar-refractivity contribution in [3.8, 4) is 0 Å². The van der Waals surface area contributed by atoms with Gasteiger partial charge in [-0.2, -0.15) is 17.6 Å². The summed E-state index contributed by atoms with van der Waals surface area (Å²) in [7, 11) is -0.301. The second-order valence-electron chi connectivity index (χ2n) is 4.25. The van der Waals surface area contributed by atoms with Crippen LogP contribution >= 0.6 is 0 Å². The smallest absolute Gasteiger partial charge is 0.409 e. The second-order valence-corrected chi connectivity index (χ2v) is 7.34. The summed E-state index contributed by atoms with van der Waals surface area (Å²) in [6.45, 7) is 1.36. The number of ether oxygens (including phenoxy) is 2. The Balaban J connectivity index is 4.51. The molecule has 0 aliphatic carbocycles. The van der Waals surface area contributed by atoms with Crippen molar-refractivity contribution >= 4 is 14.9 Å². The molecule has 1 amide bonds. The number of alkyl halides is 6. The fourth-order valence-corrected chi connectivity index (χ4v) is 2.08. The summed E-state index contributed by atoms with van der Waals surface area (Å²) in [6, 6.07) is 0. The van der Waals surface area contributed by atoms with E-state index < -0.39 is 45.6 Å². The van der Waals surface area contributed by atoms with Gasteiger partial charge in [-0.3, -0.25) is 5.32 Å². The molecule has 0 bridgehead atoms. The second kappa shape index (κ2) is 7.15. The summed E-state index contributed by atoms with van der Waals surface area (Å²) >= 11 is 0. The fraction of sp³-hybridized carbons (Fsp3) is 0.889. The highest BCUT2D eigenvalue weighted by Crippen LogP contribution is 2.39. The number of nitrogens with one attached hydrogen (secondary N) is 1. The molecule has 0 aromatic rings. The van der Waals surface area contributed by atoms with Gasteiger partial charge in [0.25, 0.3) is 0 Å². The third-order valence-electron chi connectivity index (χ3n) is 2.27. The van der Waals surface area contributed by atoms with E-state index >= 15 is 0 Å². The quantitative estimate of drug-likeness (QED) is 0.443. The standard InChI is InChI=1S/C9H15F6NO3Si/c1-18-7(20(2)3)16-6(17)19-4-8(12,13)9(14,15)5(10)11/h5,7,20H,4H2,1-3H3,(H,16,17). The third kappa shape index (κ3) is 4.85. The van der Waals surface area contributed by atoms with Crippen LogP contribution < -0.4 is 5.32 Å². The van der Waals surface area contributed by atoms with Gasteiger partial charge in [0, 0.05) is 7.11 Å². The normalized spacial score (nSPS) is 14.6. The highest BCUT2D eigenvalue weighted by molar-refractivity contribution is 6.57. The fourth-order valence-electron chi connectivity index (χ4n) is 1.07. The van der Waals surface area contributed by atoms with Crippen molar-refractivity contribution in [1.29, 1.82) is 0 Å². The van der Waals surface area contributed by atoms with Gasteiger partial charge in [-0.25, -0.2) is 13.6 Å². The molecule has 0 spiro atoms. The van der Waals surface area contributed by atoms with E-state index in [1.807, 2.05) is 5.32 Å². The van der Waals surface area contributed by atoms with Crippen molar-refractivity contribution in [2.75, 3.05) is 13.7 Å². The Bertz CT molecular complexity index is 329. The molecule has 0 saturated heterocycles. The van der Waals surface area contributed by atoms with Crippen molar-refractivity contribution in [1.82, 2.24) is 5.32 Å². The molecule has 1 N–H and O–H groups in total. The summed E-state index contributed by atoms with van der Waals surface area (Å²) < 4.78 is 82.9. The number of hydrogen-bond acceptors (Lipinski definition) is 3. The zero-order valence-corrected chi connectivity index (χ0v) is 12.1. The lowest BCUT2D eigenvalue weighted by Crippen LogP contribution is -2.51. The molecule has 0 rings (SSSR count). The van der Waals surface area contributed by atoms with Gasteiger partial charge in [0.15, 0.2) is 6.61 Å². The molecule has 0 fully saturated rings. The third-order valence-corrected chi connectivity index (χ3v) is 3.92. The summed E-state index contributed by atoms with van der Waals surface area (Å²) in [5.41, 5.74) is 0. The van der Waals surface area contributed by atoms with E-state index in [0.29, 0.717) is 0 Å². The van der Waals surface area contributed by atoms with E-state index in [1.54, 1.807) is 13.1 Å². The van der Waals surface area contributed by atoms with Gasteiger partial charge in [0.05, 0.1) is 8.80 Å². The first-order chi connectivity index (χ1) is 8.95. The Morgan fingerprint density at radius 2 is 1.75 bits per heavy atom. The zero-order chi connectivity index (χ0) is 16.1. The van der Waals surface area contributed by atoms with E-state index in [0.717, 1.165) is 0 Å². The molecule has 11 heteroatoms. The molecular weight excluding hydrogens is 312 g/mol. The van der Waals surface area contributed by atoms with Crippen LogP contribution in [0.5, 0.6) is 0 Å². The van der Waals surface area contributed by atoms with Crippen LogP contribution in [-0.4, -0.2) is 52.7 Å². The molecule has 0 aliphatic rings. The highest BCUT2D eigenvalue weighted by Gasteiger charge is 2.63. The molecule has 120 valence electrons. The number of methoxy groups -OCH3 is 1. The maximum atomic E-state index is 12.8. The maximum absolute atomic E-state index is 12.8. The van der Waals surface area contributed by atoms with Crippen molar-refractivity contribution in [2.24, 2.45) is 0 Å². The van der Waals surface area contributed by atoms with Crippen LogP contribution in [0, 0.1) is 0 Å². The van der Waals surface area contributed by atoms with E-state index in [2.05, 4.69) is 4.74 Å². The van der Waals surface area contributed by atoms with Crippen LogP contribution in [0.1, 0.15) is 0 Å². The Morgan fingerprint density at radius 3 is 2.10 bits per heavy atom. The van der Waals surface area contributed by atoms with Gasteiger partial charge in [-0.05, 0) is 0 Å². The summed E-state index contributed by atoms with van der Waals surface area (Å²) in [5.74, 6) is -11.5. The number of carbonyl (C=O) groups is 1. The van der Waals surface area contributed by atoms with Gasteiger partial charge in [0.1, 0.15) is 5.85 Å². The molecule has 1 atom stereocenters. The zero-order valence-electron chi connectivity index (χ0n) is 10.9. The Hall–Kier alpha value is -0.973. The van der Waals surface area contributed by atoms with Crippen molar-refractivity contribution in [3.05, 3.63) is 0 Å². The predicted octanol–water partition coefficient (Wildman–Crippen LogP) is 2.25. The van der Waals surface area contributed by atoms with Crippen LogP contribution in [0.25, 0.3) is 0 Å². The summed E-state index contributed by atoms with van der Waals surface area (Å²) in [4.78, 5) is 11.1. The molecule has 0 aliphatic heterocycles. The van der Waals surface area contributed by atoms with Crippen LogP contribution in [0.2, 0.25) is 13.1 Å². The van der Waals surface area contributed by atoms with Crippen LogP contribution in [0.3, 0.4) is 0 Å². The Morgan fingerprint density at radius 1 is 1.25 bits per heavy atom. The van der Waals surface area contributed by atoms with E-state index in [1.165, 1.54) is 7.11 Å². The van der Waals surface area contributed by atoms with E-state index in [-0.39, 0.29) is 0 Å². The van der Waals surface area contributed by atoms with E-state index in [9.17, 15) is 31.1 Å². The Labute approximate surface area is 113 Å². The molecule has 0 radical (unpaired) electrons. The lowest BCUT2D eigenvalue weighted by molar-refractivity contribution is -0.274. The maximum Gasteiger partial charge on any atom is 0.409 e. The molecule has 0 saturated carbocycles. The molecule has 0 aromatic carbocycles. The molecule has 20 heavy (non-hydrogen) atoms. The minimum atomic E-state index is -5.58. The van der Waals surface area contributed by atoms with Crippen LogP contribution in [-0.2, 0) is 9.47 Å². The van der Waals surface area contributed by atoms with Gasteiger partial charge >= 0.3 is 24.4 Å². The topological polar surface area (TPSA) is 47.6 Å². The largest absolute Gasteiger partial charge is 0.443 e. The van der Waals surface area contributed by atoms with Gasteiger partial charge < -0.3 is 9.47 Å². The number of halogens is 6. The van der Waals surface area contributed by atoms with Crippen LogP contribution in [0.15, 0.2) is 0 Å². The minimum Gasteiger partial charge on any atom is -0.443 e. The van der Waals surface area contributed by atoms with E-state index in [4.69, 9.17) is 4.74 Å². The van der Waals surface area contributed by atoms with Gasteiger partial charge in [-0.1, -0.05) is 13.1 Å². The number of hydrogen-bond donors (Lipinski definition) is 1. The van der Waals surface area contributed by atoms with Gasteiger partial charge in [0.2, 0.25) is 0 Å². The lowest BCUT2D eigenvalue weighted by Gasteiger charge is -2.26. The summed E-state index contributed by atoms with van der Waals surface area (Å²) in [5, 5.41) is 2.03. The number of rotatable bonds is 7. The minimum absolute atomic E-state index is 0.758. The number of carbonyl (C=O) groups excluding carboxylic acids is 1. The highest BCUT2D eigenvalue weighted by atomic mass is 28.3. The number of alkyl carbamates (subject to hydrolysis) is 1. The molecular formula is C9H15F6NO3Si. The first-order valence-corrected chi connectivity index (χ1v) is 8.43. The monoisotopic (exact) mass is 327 g/mol.